The number of hydrogen-bond acceptors (Lipinski definition) is 7. The second kappa shape index (κ2) is 9.24. The van der Waals surface area contributed by atoms with Gasteiger partial charge < -0.3 is 9.80 Å². The minimum atomic E-state index is 0.280. The molecule has 2 aliphatic heterocycles. The molecule has 2 aromatic heterocycles. The van der Waals surface area contributed by atoms with Crippen molar-refractivity contribution >= 4 is 35.0 Å². The van der Waals surface area contributed by atoms with Gasteiger partial charge in [-0.05, 0) is 44.0 Å². The summed E-state index contributed by atoms with van der Waals surface area (Å²) in [5.74, 6) is 1.70. The van der Waals surface area contributed by atoms with E-state index in [0.29, 0.717) is 5.75 Å². The van der Waals surface area contributed by atoms with E-state index in [0.717, 1.165) is 64.6 Å². The molecule has 0 saturated carbocycles. The molecule has 0 aliphatic carbocycles. The van der Waals surface area contributed by atoms with Crippen LogP contribution >= 0.6 is 23.1 Å². The number of unbranched alkanes of at least 4 members (excludes halogenated alkanes) is 1. The van der Waals surface area contributed by atoms with E-state index < -0.39 is 0 Å². The van der Waals surface area contributed by atoms with E-state index in [9.17, 15) is 4.79 Å². The highest BCUT2D eigenvalue weighted by molar-refractivity contribution is 8.01. The molecule has 150 valence electrons. The van der Waals surface area contributed by atoms with Gasteiger partial charge in [0.25, 0.3) is 0 Å². The van der Waals surface area contributed by atoms with Crippen LogP contribution in [0.4, 0.5) is 5.95 Å². The molecule has 0 unspecified atom stereocenters. The molecule has 8 heteroatoms. The maximum atomic E-state index is 12.4. The van der Waals surface area contributed by atoms with Gasteiger partial charge in [0.2, 0.25) is 11.9 Å². The summed E-state index contributed by atoms with van der Waals surface area (Å²) < 4.78 is 1.33. The summed E-state index contributed by atoms with van der Waals surface area (Å²) in [5.41, 5.74) is 1.33. The van der Waals surface area contributed by atoms with Gasteiger partial charge in [-0.15, -0.1) is 23.1 Å². The smallest absolute Gasteiger partial charge is 0.233 e. The van der Waals surface area contributed by atoms with Crippen LogP contribution in [0.1, 0.15) is 23.3 Å². The Labute approximate surface area is 174 Å². The molecule has 0 spiro atoms. The zero-order valence-corrected chi connectivity index (χ0v) is 18.0. The zero-order chi connectivity index (χ0) is 19.3. The zero-order valence-electron chi connectivity index (χ0n) is 16.3. The van der Waals surface area contributed by atoms with Crippen LogP contribution in [0.3, 0.4) is 0 Å². The van der Waals surface area contributed by atoms with Gasteiger partial charge in [0.15, 0.2) is 0 Å². The van der Waals surface area contributed by atoms with Crippen LogP contribution in [0, 0.1) is 6.92 Å². The molecule has 6 nitrogen and oxygen atoms in total. The number of carbonyl (C=O) groups excluding carboxylic acids is 1. The number of thiophene rings is 1. The molecule has 2 aliphatic rings. The van der Waals surface area contributed by atoms with Crippen molar-refractivity contribution in [1.82, 2.24) is 19.8 Å². The molecular weight excluding hydrogens is 390 g/mol. The van der Waals surface area contributed by atoms with E-state index >= 15 is 0 Å². The molecule has 28 heavy (non-hydrogen) atoms. The number of aryl methyl sites for hydroxylation is 1. The first-order chi connectivity index (χ1) is 13.7. The number of thioether (sulfide) groups is 1. The van der Waals surface area contributed by atoms with Crippen molar-refractivity contribution in [2.45, 2.75) is 30.5 Å². The highest BCUT2D eigenvalue weighted by Gasteiger charge is 2.22. The van der Waals surface area contributed by atoms with E-state index in [4.69, 9.17) is 0 Å². The van der Waals surface area contributed by atoms with Crippen molar-refractivity contribution < 1.29 is 4.79 Å². The Hall–Kier alpha value is -1.64. The second-order valence-electron chi connectivity index (χ2n) is 7.36. The predicted molar refractivity (Wildman–Crippen MR) is 115 cm³/mol. The summed E-state index contributed by atoms with van der Waals surface area (Å²) in [6.07, 6.45) is 5.81. The van der Waals surface area contributed by atoms with E-state index in [2.05, 4.69) is 37.7 Å². The number of nitrogens with zero attached hydrogens (tertiary/aromatic N) is 5. The van der Waals surface area contributed by atoms with Gasteiger partial charge >= 0.3 is 0 Å². The number of aromatic nitrogens is 2. The lowest BCUT2D eigenvalue weighted by molar-refractivity contribution is -0.129. The molecule has 4 heterocycles. The lowest BCUT2D eigenvalue weighted by Gasteiger charge is -2.34. The molecule has 1 amide bonds. The summed E-state index contributed by atoms with van der Waals surface area (Å²) >= 11 is 3.52. The first kappa shape index (κ1) is 19.7. The topological polar surface area (TPSA) is 52.6 Å². The fourth-order valence-corrected chi connectivity index (χ4v) is 6.06. The number of carbonyl (C=O) groups is 1. The van der Waals surface area contributed by atoms with Gasteiger partial charge in [0.1, 0.15) is 0 Å². The SMILES string of the molecule is Cc1cc2c(s1)SCC(=O)N(CCCCN1CCN(c3ncccn3)CC1)C2. The normalized spacial score (nSPS) is 18.2. The van der Waals surface area contributed by atoms with E-state index in [1.807, 2.05) is 17.4 Å². The Balaban J connectivity index is 1.18. The molecule has 2 aromatic rings. The number of anilines is 1. The molecule has 0 N–H and O–H groups in total. The fraction of sp³-hybridized carbons (Fsp3) is 0.550. The van der Waals surface area contributed by atoms with E-state index in [1.54, 1.807) is 24.2 Å². The number of piperazine rings is 1. The van der Waals surface area contributed by atoms with Gasteiger partial charge in [0.05, 0.1) is 9.96 Å². The molecule has 0 atom stereocenters. The highest BCUT2D eigenvalue weighted by atomic mass is 32.2. The first-order valence-electron chi connectivity index (χ1n) is 9.93. The average molecular weight is 418 g/mol. The summed E-state index contributed by atoms with van der Waals surface area (Å²) in [4.78, 5) is 29.3. The van der Waals surface area contributed by atoms with Crippen LogP contribution in [0.5, 0.6) is 0 Å². The van der Waals surface area contributed by atoms with Crippen molar-refractivity contribution in [3.8, 4) is 0 Å². The van der Waals surface area contributed by atoms with Crippen LogP contribution < -0.4 is 4.90 Å². The average Bonchev–Trinajstić information content (AvgIpc) is 3.01. The Bertz CT molecular complexity index is 789. The van der Waals surface area contributed by atoms with Crippen molar-refractivity contribution in [1.29, 1.82) is 0 Å². The number of rotatable bonds is 6. The molecule has 1 saturated heterocycles. The van der Waals surface area contributed by atoms with Gasteiger partial charge in [-0.3, -0.25) is 9.69 Å². The molecule has 0 radical (unpaired) electrons. The van der Waals surface area contributed by atoms with Crippen LogP contribution in [-0.2, 0) is 11.3 Å². The van der Waals surface area contributed by atoms with E-state index in [-0.39, 0.29) is 5.91 Å². The minimum absolute atomic E-state index is 0.280. The van der Waals surface area contributed by atoms with Crippen LogP contribution in [0.2, 0.25) is 0 Å². The van der Waals surface area contributed by atoms with Gasteiger partial charge in [-0.2, -0.15) is 0 Å². The first-order valence-corrected chi connectivity index (χ1v) is 11.7. The van der Waals surface area contributed by atoms with Crippen LogP contribution in [0.15, 0.2) is 28.7 Å². The fourth-order valence-electron chi connectivity index (χ4n) is 3.76. The van der Waals surface area contributed by atoms with Gasteiger partial charge in [0, 0.05) is 56.5 Å². The van der Waals surface area contributed by atoms with E-state index in [1.165, 1.54) is 14.6 Å². The maximum absolute atomic E-state index is 12.4. The molecule has 1 fully saturated rings. The third-order valence-electron chi connectivity index (χ3n) is 5.29. The number of hydrogen-bond donors (Lipinski definition) is 0. The molecule has 4 rings (SSSR count). The Morgan fingerprint density at radius 3 is 2.61 bits per heavy atom. The van der Waals surface area contributed by atoms with Crippen molar-refractivity contribution in [3.05, 3.63) is 35.0 Å². The van der Waals surface area contributed by atoms with Gasteiger partial charge in [-0.25, -0.2) is 9.97 Å². The highest BCUT2D eigenvalue weighted by Crippen LogP contribution is 2.35. The number of fused-ring (bicyclic) bond motifs is 1. The molecule has 0 bridgehead atoms. The molecular formula is C20H27N5OS2. The predicted octanol–water partition coefficient (Wildman–Crippen LogP) is 2.88. The van der Waals surface area contributed by atoms with Crippen molar-refractivity contribution in [3.63, 3.8) is 0 Å². The van der Waals surface area contributed by atoms with Crippen LogP contribution in [0.25, 0.3) is 0 Å². The quantitative estimate of drug-likeness (QED) is 0.674. The Kier molecular flexibility index (Phi) is 6.49. The third-order valence-corrected chi connectivity index (χ3v) is 7.70. The van der Waals surface area contributed by atoms with Crippen LogP contribution in [-0.4, -0.2) is 70.7 Å². The maximum Gasteiger partial charge on any atom is 0.233 e. The standard InChI is InChI=1S/C20H27N5OS2/c1-16-13-17-14-25(18(26)15-27-19(17)28-16)8-3-2-7-23-9-11-24(12-10-23)20-21-5-4-6-22-20/h4-6,13H,2-3,7-12,14-15H2,1H3. The minimum Gasteiger partial charge on any atom is -0.338 e. The summed E-state index contributed by atoms with van der Waals surface area (Å²) in [6, 6.07) is 4.10. The Morgan fingerprint density at radius 1 is 1.07 bits per heavy atom. The lowest BCUT2D eigenvalue weighted by Crippen LogP contribution is -2.47. The number of amides is 1. The largest absolute Gasteiger partial charge is 0.338 e. The third kappa shape index (κ3) is 4.85. The summed E-state index contributed by atoms with van der Waals surface area (Å²) in [5, 5.41) is 0. The van der Waals surface area contributed by atoms with Gasteiger partial charge in [-0.1, -0.05) is 0 Å². The summed E-state index contributed by atoms with van der Waals surface area (Å²) in [6.45, 7) is 8.95. The summed E-state index contributed by atoms with van der Waals surface area (Å²) in [7, 11) is 0. The Morgan fingerprint density at radius 2 is 1.82 bits per heavy atom. The lowest BCUT2D eigenvalue weighted by atomic mass is 10.2. The van der Waals surface area contributed by atoms with Crippen molar-refractivity contribution in [2.24, 2.45) is 0 Å². The second-order valence-corrected chi connectivity index (χ2v) is 9.86. The van der Waals surface area contributed by atoms with Crippen molar-refractivity contribution in [2.75, 3.05) is 49.9 Å². The monoisotopic (exact) mass is 417 g/mol. The molecule has 0 aromatic carbocycles.